The van der Waals surface area contributed by atoms with Crippen LogP contribution >= 0.6 is 0 Å². The van der Waals surface area contributed by atoms with Crippen molar-refractivity contribution in [1.29, 1.82) is 0 Å². The minimum absolute atomic E-state index is 0.148. The molecular formula is C20H14F2N6O2. The number of hydrogen-bond donors (Lipinski definition) is 3. The Bertz CT molecular complexity index is 1340. The maximum atomic E-state index is 14.9. The maximum Gasteiger partial charge on any atom is 0.261 e. The number of aromatic nitrogens is 5. The molecule has 150 valence electrons. The van der Waals surface area contributed by atoms with E-state index in [1.807, 2.05) is 6.92 Å². The van der Waals surface area contributed by atoms with Crippen LogP contribution in [0.1, 0.15) is 5.69 Å². The highest BCUT2D eigenvalue weighted by Crippen LogP contribution is 2.32. The van der Waals surface area contributed by atoms with Gasteiger partial charge in [0.15, 0.2) is 29.0 Å². The van der Waals surface area contributed by atoms with Crippen LogP contribution in [0, 0.1) is 18.6 Å². The molecule has 0 aliphatic carbocycles. The lowest BCUT2D eigenvalue weighted by Crippen LogP contribution is -2.02. The van der Waals surface area contributed by atoms with Gasteiger partial charge in [0.05, 0.1) is 6.26 Å². The number of anilines is 2. The van der Waals surface area contributed by atoms with Gasteiger partial charge in [-0.15, -0.1) is 0 Å². The molecule has 0 aliphatic rings. The largest absolute Gasteiger partial charge is 0.463 e. The van der Waals surface area contributed by atoms with E-state index in [0.29, 0.717) is 28.2 Å². The third-order valence-corrected chi connectivity index (χ3v) is 4.41. The molecule has 0 aliphatic heterocycles. The summed E-state index contributed by atoms with van der Waals surface area (Å²) in [5.74, 6) is -1.35. The molecule has 0 radical (unpaired) electrons. The average Bonchev–Trinajstić information content (AvgIpc) is 3.47. The summed E-state index contributed by atoms with van der Waals surface area (Å²) in [6.07, 6.45) is 2.64. The fourth-order valence-electron chi connectivity index (χ4n) is 3.05. The summed E-state index contributed by atoms with van der Waals surface area (Å²) in [7, 11) is 0. The van der Waals surface area contributed by atoms with Gasteiger partial charge < -0.3 is 19.5 Å². The number of furan rings is 1. The molecule has 0 saturated heterocycles. The molecule has 3 N–H and O–H groups in total. The van der Waals surface area contributed by atoms with Crippen LogP contribution in [0.3, 0.4) is 0 Å². The number of rotatable bonds is 5. The molecule has 0 saturated carbocycles. The molecule has 8 nitrogen and oxygen atoms in total. The lowest BCUT2D eigenvalue weighted by atomic mass is 10.2. The van der Waals surface area contributed by atoms with E-state index in [-0.39, 0.29) is 11.6 Å². The monoisotopic (exact) mass is 408 g/mol. The molecule has 30 heavy (non-hydrogen) atoms. The lowest BCUT2D eigenvalue weighted by Gasteiger charge is -2.09. The summed E-state index contributed by atoms with van der Waals surface area (Å²) >= 11 is 0. The van der Waals surface area contributed by atoms with Crippen LogP contribution < -0.4 is 10.1 Å². The molecular weight excluding hydrogens is 394 g/mol. The van der Waals surface area contributed by atoms with E-state index in [1.165, 1.54) is 12.3 Å². The third kappa shape index (κ3) is 3.13. The van der Waals surface area contributed by atoms with E-state index >= 15 is 0 Å². The van der Waals surface area contributed by atoms with E-state index in [9.17, 15) is 8.78 Å². The smallest absolute Gasteiger partial charge is 0.261 e. The van der Waals surface area contributed by atoms with Gasteiger partial charge in [-0.1, -0.05) is 0 Å². The number of nitrogens with one attached hydrogen (secondary N) is 3. The average molecular weight is 408 g/mol. The van der Waals surface area contributed by atoms with Crippen LogP contribution in [-0.2, 0) is 0 Å². The Morgan fingerprint density at radius 2 is 2.00 bits per heavy atom. The molecule has 0 bridgehead atoms. The SMILES string of the molecule is Cc1cc2c(F)c(Oc3ncnc(Nc4cc(-c5ccco5)[nH]n4)c3F)ccc2[nH]1. The Morgan fingerprint density at radius 3 is 2.83 bits per heavy atom. The number of hydrogen-bond acceptors (Lipinski definition) is 6. The third-order valence-electron chi connectivity index (χ3n) is 4.41. The van der Waals surface area contributed by atoms with Gasteiger partial charge in [-0.25, -0.2) is 9.37 Å². The molecule has 5 aromatic rings. The molecule has 0 amide bonds. The summed E-state index contributed by atoms with van der Waals surface area (Å²) in [4.78, 5) is 10.7. The minimum atomic E-state index is -0.884. The normalized spacial score (nSPS) is 11.2. The van der Waals surface area contributed by atoms with Crippen molar-refractivity contribution in [2.75, 3.05) is 5.32 Å². The number of benzene rings is 1. The van der Waals surface area contributed by atoms with Crippen molar-refractivity contribution in [3.8, 4) is 23.1 Å². The molecule has 0 fully saturated rings. The van der Waals surface area contributed by atoms with Crippen LogP contribution in [0.5, 0.6) is 11.6 Å². The fourth-order valence-corrected chi connectivity index (χ4v) is 3.05. The number of nitrogens with zero attached hydrogens (tertiary/aromatic N) is 3. The van der Waals surface area contributed by atoms with Crippen LogP contribution in [0.4, 0.5) is 20.4 Å². The first-order chi connectivity index (χ1) is 14.6. The maximum absolute atomic E-state index is 14.9. The molecule has 10 heteroatoms. The van der Waals surface area contributed by atoms with Crippen LogP contribution in [0.15, 0.2) is 53.4 Å². The van der Waals surface area contributed by atoms with Crippen LogP contribution in [-0.4, -0.2) is 25.1 Å². The molecule has 0 spiro atoms. The molecule has 5 rings (SSSR count). The van der Waals surface area contributed by atoms with Gasteiger partial charge in [0.2, 0.25) is 5.82 Å². The van der Waals surface area contributed by atoms with Gasteiger partial charge in [0, 0.05) is 22.7 Å². The van der Waals surface area contributed by atoms with Gasteiger partial charge >= 0.3 is 0 Å². The second kappa shape index (κ2) is 6.99. The molecule has 1 aromatic carbocycles. The number of aryl methyl sites for hydroxylation is 1. The first-order valence-electron chi connectivity index (χ1n) is 8.91. The highest BCUT2D eigenvalue weighted by molar-refractivity contribution is 5.82. The first kappa shape index (κ1) is 17.9. The molecule has 0 unspecified atom stereocenters. The topological polar surface area (TPSA) is 105 Å². The zero-order valence-electron chi connectivity index (χ0n) is 15.5. The van der Waals surface area contributed by atoms with Gasteiger partial charge in [-0.2, -0.15) is 14.5 Å². The molecule has 0 atom stereocenters. The van der Waals surface area contributed by atoms with E-state index in [2.05, 4.69) is 30.5 Å². The fraction of sp³-hybridized carbons (Fsp3) is 0.0500. The lowest BCUT2D eigenvalue weighted by molar-refractivity contribution is 0.400. The van der Waals surface area contributed by atoms with Crippen molar-refractivity contribution in [2.45, 2.75) is 6.92 Å². The van der Waals surface area contributed by atoms with E-state index in [1.54, 1.807) is 30.3 Å². The Labute approximate surface area is 167 Å². The quantitative estimate of drug-likeness (QED) is 0.375. The second-order valence-electron chi connectivity index (χ2n) is 6.50. The first-order valence-corrected chi connectivity index (χ1v) is 8.91. The van der Waals surface area contributed by atoms with E-state index in [4.69, 9.17) is 9.15 Å². The summed E-state index contributed by atoms with van der Waals surface area (Å²) in [6.45, 7) is 1.81. The Hall–Kier alpha value is -4.21. The summed E-state index contributed by atoms with van der Waals surface area (Å²) in [5.41, 5.74) is 2.02. The Morgan fingerprint density at radius 1 is 1.10 bits per heavy atom. The predicted octanol–water partition coefficient (Wildman–Crippen LogP) is 5.06. The van der Waals surface area contributed by atoms with Crippen molar-refractivity contribution in [1.82, 2.24) is 25.1 Å². The van der Waals surface area contributed by atoms with Gasteiger partial charge in [0.25, 0.3) is 5.88 Å². The summed E-state index contributed by atoms with van der Waals surface area (Å²) < 4.78 is 40.3. The van der Waals surface area contributed by atoms with E-state index in [0.717, 1.165) is 12.0 Å². The van der Waals surface area contributed by atoms with Crippen molar-refractivity contribution >= 4 is 22.5 Å². The van der Waals surface area contributed by atoms with Gasteiger partial charge in [-0.3, -0.25) is 5.10 Å². The van der Waals surface area contributed by atoms with Crippen molar-refractivity contribution in [3.63, 3.8) is 0 Å². The zero-order valence-corrected chi connectivity index (χ0v) is 15.5. The standard InChI is InChI=1S/C20H14F2N6O2/c1-10-7-11-12(25-10)4-5-15(17(11)21)30-20-18(22)19(23-9-24-20)26-16-8-13(27-28-16)14-3-2-6-29-14/h2-9,25H,1H3,(H2,23,24,26,27,28). The van der Waals surface area contributed by atoms with E-state index < -0.39 is 17.5 Å². The molecule has 4 aromatic heterocycles. The van der Waals surface area contributed by atoms with Gasteiger partial charge in [0.1, 0.15) is 12.0 Å². The number of aromatic amines is 2. The summed E-state index contributed by atoms with van der Waals surface area (Å²) in [5, 5.41) is 9.90. The number of H-pyrrole nitrogens is 2. The van der Waals surface area contributed by atoms with Crippen LogP contribution in [0.25, 0.3) is 22.4 Å². The Balaban J connectivity index is 1.42. The summed E-state index contributed by atoms with van der Waals surface area (Å²) in [6, 6.07) is 9.83. The van der Waals surface area contributed by atoms with Crippen molar-refractivity contribution in [3.05, 3.63) is 66.3 Å². The van der Waals surface area contributed by atoms with Crippen LogP contribution in [0.2, 0.25) is 0 Å². The highest BCUT2D eigenvalue weighted by Gasteiger charge is 2.18. The Kier molecular flexibility index (Phi) is 4.16. The predicted molar refractivity (Wildman–Crippen MR) is 105 cm³/mol. The number of fused-ring (bicyclic) bond motifs is 1. The van der Waals surface area contributed by atoms with Crippen molar-refractivity contribution < 1.29 is 17.9 Å². The highest BCUT2D eigenvalue weighted by atomic mass is 19.1. The van der Waals surface area contributed by atoms with Gasteiger partial charge in [-0.05, 0) is 37.3 Å². The molecule has 4 heterocycles. The number of halogens is 2. The van der Waals surface area contributed by atoms with Crippen molar-refractivity contribution in [2.24, 2.45) is 0 Å². The minimum Gasteiger partial charge on any atom is -0.463 e. The second-order valence-corrected chi connectivity index (χ2v) is 6.50. The number of ether oxygens (including phenoxy) is 1. The zero-order chi connectivity index (χ0) is 20.7.